The number of hydrogen-bond acceptors (Lipinski definition) is 9. The molecule has 1 amide bonds. The van der Waals surface area contributed by atoms with Crippen molar-refractivity contribution in [1.82, 2.24) is 25.0 Å². The summed E-state index contributed by atoms with van der Waals surface area (Å²) in [4.78, 5) is 27.7. The maximum Gasteiger partial charge on any atom is 0.276 e. The van der Waals surface area contributed by atoms with Gasteiger partial charge in [0.2, 0.25) is 5.95 Å². The molecule has 39 heavy (non-hydrogen) atoms. The summed E-state index contributed by atoms with van der Waals surface area (Å²) in [6.45, 7) is 3.72. The lowest BCUT2D eigenvalue weighted by Crippen LogP contribution is -2.39. The molecule has 1 fully saturated rings. The summed E-state index contributed by atoms with van der Waals surface area (Å²) in [5.74, 6) is 2.72. The van der Waals surface area contributed by atoms with E-state index in [4.69, 9.17) is 20.9 Å². The van der Waals surface area contributed by atoms with Crippen LogP contribution in [0.25, 0.3) is 0 Å². The molecule has 200 valence electrons. The number of pyridine rings is 1. The molecule has 4 aromatic rings. The van der Waals surface area contributed by atoms with Gasteiger partial charge in [-0.2, -0.15) is 4.98 Å². The number of carbonyl (C=O) groups is 1. The van der Waals surface area contributed by atoms with E-state index in [1.54, 1.807) is 25.4 Å². The van der Waals surface area contributed by atoms with Crippen LogP contribution >= 0.6 is 11.6 Å². The summed E-state index contributed by atoms with van der Waals surface area (Å²) in [7, 11) is 0. The van der Waals surface area contributed by atoms with E-state index in [2.05, 4.69) is 42.9 Å². The van der Waals surface area contributed by atoms with Gasteiger partial charge in [-0.1, -0.05) is 16.8 Å². The van der Waals surface area contributed by atoms with Crippen LogP contribution in [0.1, 0.15) is 40.2 Å². The number of anilines is 4. The Labute approximate surface area is 230 Å². The van der Waals surface area contributed by atoms with E-state index in [1.807, 2.05) is 23.2 Å². The van der Waals surface area contributed by atoms with Gasteiger partial charge < -0.3 is 24.8 Å². The summed E-state index contributed by atoms with van der Waals surface area (Å²) in [5.41, 5.74) is 4.22. The zero-order valence-corrected chi connectivity index (χ0v) is 22.2. The number of nitrogens with zero attached hydrogens (tertiary/aromatic N) is 5. The number of benzene rings is 1. The van der Waals surface area contributed by atoms with Crippen LogP contribution in [-0.2, 0) is 12.8 Å². The van der Waals surface area contributed by atoms with Crippen LogP contribution in [0, 0.1) is 12.8 Å². The molecule has 3 aromatic heterocycles. The Morgan fingerprint density at radius 2 is 1.97 bits per heavy atom. The molecule has 1 aromatic carbocycles. The highest BCUT2D eigenvalue weighted by atomic mass is 35.5. The minimum atomic E-state index is -0.0785. The lowest BCUT2D eigenvalue weighted by molar-refractivity contribution is 0.0650. The van der Waals surface area contributed by atoms with Crippen LogP contribution in [0.5, 0.6) is 5.75 Å². The van der Waals surface area contributed by atoms with Gasteiger partial charge in [0.05, 0.1) is 24.7 Å². The van der Waals surface area contributed by atoms with Crippen molar-refractivity contribution in [3.63, 3.8) is 0 Å². The molecule has 6 rings (SSSR count). The number of ether oxygens (including phenoxy) is 1. The maximum absolute atomic E-state index is 12.7. The fourth-order valence-corrected chi connectivity index (χ4v) is 5.02. The number of aromatic nitrogens is 4. The summed E-state index contributed by atoms with van der Waals surface area (Å²) >= 11 is 6.38. The van der Waals surface area contributed by atoms with Crippen LogP contribution in [0.2, 0.25) is 5.02 Å². The van der Waals surface area contributed by atoms with E-state index >= 15 is 0 Å². The van der Waals surface area contributed by atoms with Crippen molar-refractivity contribution in [2.24, 2.45) is 5.92 Å². The fraction of sp³-hybridized carbons (Fsp3) is 0.321. The Balaban J connectivity index is 1.16. The molecular weight excluding hydrogens is 518 g/mol. The van der Waals surface area contributed by atoms with Crippen molar-refractivity contribution in [1.29, 1.82) is 0 Å². The second-order valence-electron chi connectivity index (χ2n) is 9.91. The second-order valence-corrected chi connectivity index (χ2v) is 10.3. The molecule has 6 bridgehead atoms. The second kappa shape index (κ2) is 10.9. The average Bonchev–Trinajstić information content (AvgIpc) is 3.39. The molecule has 10 nitrogen and oxygen atoms in total. The number of amides is 1. The minimum absolute atomic E-state index is 0.0785. The van der Waals surface area contributed by atoms with Gasteiger partial charge in [0.1, 0.15) is 16.5 Å². The molecule has 0 atom stereocenters. The Kier molecular flexibility index (Phi) is 7.02. The third-order valence-electron chi connectivity index (χ3n) is 7.02. The quantitative estimate of drug-likeness (QED) is 0.350. The normalized spacial score (nSPS) is 15.3. The number of hydrogen-bond donors (Lipinski definition) is 2. The third kappa shape index (κ3) is 5.80. The van der Waals surface area contributed by atoms with Crippen LogP contribution < -0.4 is 15.4 Å². The Bertz CT molecular complexity index is 1500. The zero-order chi connectivity index (χ0) is 26.8. The first-order valence-corrected chi connectivity index (χ1v) is 13.4. The van der Waals surface area contributed by atoms with E-state index in [1.165, 1.54) is 0 Å². The Morgan fingerprint density at radius 3 is 2.79 bits per heavy atom. The van der Waals surface area contributed by atoms with Gasteiger partial charge >= 0.3 is 0 Å². The predicted molar refractivity (Wildman–Crippen MR) is 147 cm³/mol. The number of rotatable bonds is 4. The molecular formula is C28H28ClN7O3. The maximum atomic E-state index is 12.7. The van der Waals surface area contributed by atoms with Gasteiger partial charge in [-0.3, -0.25) is 9.78 Å². The first kappa shape index (κ1) is 25.1. The SMILES string of the molecule is Cc1cc(C(=O)N2CCC(COc3ccc4cc3CCc3cncc(c3)Nc3ncc(Cl)c(n3)N4)CC2)no1. The van der Waals surface area contributed by atoms with Crippen molar-refractivity contribution in [3.8, 4) is 5.75 Å². The molecule has 0 saturated carbocycles. The minimum Gasteiger partial charge on any atom is -0.493 e. The highest BCUT2D eigenvalue weighted by molar-refractivity contribution is 6.32. The predicted octanol–water partition coefficient (Wildman–Crippen LogP) is 5.34. The number of aryl methyl sites for hydroxylation is 3. The third-order valence-corrected chi connectivity index (χ3v) is 7.30. The van der Waals surface area contributed by atoms with E-state index < -0.39 is 0 Å². The van der Waals surface area contributed by atoms with Gasteiger partial charge in [0.15, 0.2) is 11.5 Å². The van der Waals surface area contributed by atoms with E-state index in [9.17, 15) is 4.79 Å². The van der Waals surface area contributed by atoms with Crippen molar-refractivity contribution in [3.05, 3.63) is 76.5 Å². The highest BCUT2D eigenvalue weighted by Crippen LogP contribution is 2.31. The summed E-state index contributed by atoms with van der Waals surface area (Å²) in [6, 6.07) is 9.77. The molecule has 0 unspecified atom stereocenters. The van der Waals surface area contributed by atoms with Gasteiger partial charge in [-0.25, -0.2) is 4.98 Å². The van der Waals surface area contributed by atoms with Crippen molar-refractivity contribution in [2.45, 2.75) is 32.6 Å². The largest absolute Gasteiger partial charge is 0.493 e. The smallest absolute Gasteiger partial charge is 0.276 e. The molecule has 2 aliphatic rings. The first-order valence-electron chi connectivity index (χ1n) is 13.0. The van der Waals surface area contributed by atoms with E-state index in [-0.39, 0.29) is 5.91 Å². The number of nitrogens with one attached hydrogen (secondary N) is 2. The van der Waals surface area contributed by atoms with E-state index in [0.29, 0.717) is 53.9 Å². The number of likely N-dealkylation sites (tertiary alicyclic amines) is 1. The van der Waals surface area contributed by atoms with Crippen LogP contribution in [0.4, 0.5) is 23.1 Å². The van der Waals surface area contributed by atoms with Gasteiger partial charge in [0, 0.05) is 31.0 Å². The average molecular weight is 546 g/mol. The standard InChI is InChI=1S/C28H28ClN7O3/c1-17-10-24(35-39-17)27(37)36-8-6-18(7-9-36)16-38-25-5-4-21-12-20(25)3-2-19-11-22(14-30-13-19)33-28-31-15-23(29)26(32-21)34-28/h4-5,10-15,18H,2-3,6-9,16H2,1H3,(H2,31,32,33,34). The molecule has 1 saturated heterocycles. The Morgan fingerprint density at radius 1 is 1.10 bits per heavy atom. The molecule has 0 aliphatic carbocycles. The van der Waals surface area contributed by atoms with Crippen LogP contribution in [-0.4, -0.2) is 50.6 Å². The summed E-state index contributed by atoms with van der Waals surface area (Å²) in [5, 5.41) is 10.8. The first-order chi connectivity index (χ1) is 19.0. The number of fused-ring (bicyclic) bond motifs is 6. The number of piperidine rings is 1. The molecule has 5 heterocycles. The van der Waals surface area contributed by atoms with Gasteiger partial charge in [-0.05, 0) is 73.9 Å². The van der Waals surface area contributed by atoms with E-state index in [0.717, 1.165) is 53.9 Å². The molecule has 0 radical (unpaired) electrons. The zero-order valence-electron chi connectivity index (χ0n) is 21.5. The van der Waals surface area contributed by atoms with Gasteiger partial charge in [0.25, 0.3) is 5.91 Å². The van der Waals surface area contributed by atoms with Gasteiger partial charge in [-0.15, -0.1) is 0 Å². The summed E-state index contributed by atoms with van der Waals surface area (Å²) < 4.78 is 11.4. The van der Waals surface area contributed by atoms with Crippen molar-refractivity contribution in [2.75, 3.05) is 30.3 Å². The van der Waals surface area contributed by atoms with Crippen LogP contribution in [0.15, 0.2) is 53.4 Å². The monoisotopic (exact) mass is 545 g/mol. The topological polar surface area (TPSA) is 118 Å². The number of carbonyl (C=O) groups excluding carboxylic acids is 1. The highest BCUT2D eigenvalue weighted by Gasteiger charge is 2.26. The van der Waals surface area contributed by atoms with Crippen molar-refractivity contribution >= 4 is 40.6 Å². The Hall–Kier alpha value is -4.18. The fourth-order valence-electron chi connectivity index (χ4n) is 4.89. The molecule has 2 N–H and O–H groups in total. The summed E-state index contributed by atoms with van der Waals surface area (Å²) in [6.07, 6.45) is 8.50. The van der Waals surface area contributed by atoms with Crippen molar-refractivity contribution < 1.29 is 14.1 Å². The number of halogens is 1. The van der Waals surface area contributed by atoms with Crippen LogP contribution in [0.3, 0.4) is 0 Å². The lowest BCUT2D eigenvalue weighted by atomic mass is 9.97. The molecule has 11 heteroatoms. The lowest BCUT2D eigenvalue weighted by Gasteiger charge is -2.31. The molecule has 2 aliphatic heterocycles. The molecule has 0 spiro atoms.